The lowest BCUT2D eigenvalue weighted by atomic mass is 10.2. The smallest absolute Gasteiger partial charge is 0.0692 e. The van der Waals surface area contributed by atoms with Crippen molar-refractivity contribution in [3.63, 3.8) is 0 Å². The summed E-state index contributed by atoms with van der Waals surface area (Å²) in [5.74, 6) is 0. The molecule has 0 bridgehead atoms. The first-order valence-electron chi connectivity index (χ1n) is 4.36. The molecule has 3 heteroatoms. The number of morpholine rings is 1. The molecule has 0 aromatic rings. The van der Waals surface area contributed by atoms with E-state index in [1.54, 1.807) is 0 Å². The van der Waals surface area contributed by atoms with E-state index in [1.165, 1.54) is 0 Å². The van der Waals surface area contributed by atoms with E-state index in [2.05, 4.69) is 31.2 Å². The molecule has 1 N–H and O–H groups in total. The van der Waals surface area contributed by atoms with Crippen molar-refractivity contribution >= 4 is 0 Å². The van der Waals surface area contributed by atoms with Crippen molar-refractivity contribution in [2.24, 2.45) is 0 Å². The van der Waals surface area contributed by atoms with E-state index in [-0.39, 0.29) is 0 Å². The van der Waals surface area contributed by atoms with Crippen molar-refractivity contribution in [1.82, 2.24) is 10.4 Å². The topological polar surface area (TPSA) is 24.5 Å². The fourth-order valence-corrected chi connectivity index (χ4v) is 1.53. The lowest BCUT2D eigenvalue weighted by Crippen LogP contribution is -2.51. The summed E-state index contributed by atoms with van der Waals surface area (Å²) in [6.07, 6.45) is 0.718. The first-order chi connectivity index (χ1) is 5.22. The quantitative estimate of drug-likeness (QED) is 0.637. The summed E-state index contributed by atoms with van der Waals surface area (Å²) in [5, 5.41) is 2.23. The van der Waals surface area contributed by atoms with Crippen LogP contribution in [0.3, 0.4) is 0 Å². The number of nitrogens with zero attached hydrogens (tertiary/aromatic N) is 1. The highest BCUT2D eigenvalue weighted by Crippen LogP contribution is 2.07. The number of hydrazine groups is 1. The molecule has 1 heterocycles. The third kappa shape index (κ3) is 2.77. The van der Waals surface area contributed by atoms with Crippen molar-refractivity contribution in [2.45, 2.75) is 33.0 Å². The minimum Gasteiger partial charge on any atom is -0.373 e. The summed E-state index contributed by atoms with van der Waals surface area (Å²) in [7, 11) is 0. The Bertz CT molecular complexity index is 109. The van der Waals surface area contributed by atoms with Crippen molar-refractivity contribution in [3.05, 3.63) is 0 Å². The number of hydrogen-bond donors (Lipinski definition) is 1. The molecule has 1 rings (SSSR count). The second-order valence-corrected chi connectivity index (χ2v) is 3.17. The van der Waals surface area contributed by atoms with Gasteiger partial charge in [0.1, 0.15) is 0 Å². The maximum absolute atomic E-state index is 5.58. The van der Waals surface area contributed by atoms with Gasteiger partial charge < -0.3 is 4.74 Å². The molecule has 0 aromatic heterocycles. The normalized spacial score (nSPS) is 34.1. The second-order valence-electron chi connectivity index (χ2n) is 3.17. The Kier molecular flexibility index (Phi) is 3.30. The molecular weight excluding hydrogens is 140 g/mol. The molecule has 0 saturated carbocycles. The zero-order chi connectivity index (χ0) is 8.27. The van der Waals surface area contributed by atoms with E-state index in [9.17, 15) is 0 Å². The van der Waals surface area contributed by atoms with Crippen LogP contribution in [-0.2, 0) is 4.74 Å². The van der Waals surface area contributed by atoms with Crippen LogP contribution >= 0.6 is 0 Å². The lowest BCUT2D eigenvalue weighted by molar-refractivity contribution is -0.0832. The van der Waals surface area contributed by atoms with Gasteiger partial charge in [-0.2, -0.15) is 0 Å². The molecule has 11 heavy (non-hydrogen) atoms. The molecule has 66 valence electrons. The molecule has 1 saturated heterocycles. The standard InChI is InChI=1S/C8H18N2O/c1-4-9-10-5-7(2)11-8(3)6-10/h7-9H,4-6H2,1-3H3/t7-,8-/m0/s1. The molecule has 1 aliphatic rings. The molecular formula is C8H18N2O. The molecule has 0 amide bonds. The van der Waals surface area contributed by atoms with Crippen LogP contribution in [0.25, 0.3) is 0 Å². The van der Waals surface area contributed by atoms with E-state index in [0.717, 1.165) is 19.6 Å². The van der Waals surface area contributed by atoms with E-state index in [4.69, 9.17) is 4.74 Å². The summed E-state index contributed by atoms with van der Waals surface area (Å²) in [4.78, 5) is 0. The molecule has 3 nitrogen and oxygen atoms in total. The average Bonchev–Trinajstić information content (AvgIpc) is 1.85. The van der Waals surface area contributed by atoms with Gasteiger partial charge >= 0.3 is 0 Å². The minimum atomic E-state index is 0.359. The van der Waals surface area contributed by atoms with Crippen LogP contribution in [0.2, 0.25) is 0 Å². The summed E-state index contributed by atoms with van der Waals surface area (Å²) < 4.78 is 5.58. The molecule has 1 fully saturated rings. The Balaban J connectivity index is 2.30. The highest BCUT2D eigenvalue weighted by atomic mass is 16.5. The molecule has 0 spiro atoms. The maximum atomic E-state index is 5.58. The molecule has 0 radical (unpaired) electrons. The van der Waals surface area contributed by atoms with Gasteiger partial charge in [-0.3, -0.25) is 5.43 Å². The zero-order valence-electron chi connectivity index (χ0n) is 7.63. The Morgan fingerprint density at radius 3 is 2.36 bits per heavy atom. The van der Waals surface area contributed by atoms with Crippen molar-refractivity contribution in [2.75, 3.05) is 19.6 Å². The van der Waals surface area contributed by atoms with E-state index in [0.29, 0.717) is 12.2 Å². The zero-order valence-corrected chi connectivity index (χ0v) is 7.63. The Morgan fingerprint density at radius 1 is 1.36 bits per heavy atom. The SMILES string of the molecule is CCNN1C[C@H](C)O[C@@H](C)C1. The van der Waals surface area contributed by atoms with Crippen molar-refractivity contribution < 1.29 is 4.74 Å². The molecule has 1 aliphatic heterocycles. The predicted molar refractivity (Wildman–Crippen MR) is 45.3 cm³/mol. The van der Waals surface area contributed by atoms with Crippen LogP contribution in [0.5, 0.6) is 0 Å². The minimum absolute atomic E-state index is 0.359. The Labute approximate surface area is 68.7 Å². The van der Waals surface area contributed by atoms with Crippen LogP contribution in [0, 0.1) is 0 Å². The third-order valence-corrected chi connectivity index (χ3v) is 1.80. The number of ether oxygens (including phenoxy) is 1. The van der Waals surface area contributed by atoms with Crippen LogP contribution in [0.4, 0.5) is 0 Å². The van der Waals surface area contributed by atoms with Crippen molar-refractivity contribution in [3.8, 4) is 0 Å². The maximum Gasteiger partial charge on any atom is 0.0692 e. The second kappa shape index (κ2) is 4.04. The van der Waals surface area contributed by atoms with Gasteiger partial charge in [0.15, 0.2) is 0 Å². The first-order valence-corrected chi connectivity index (χ1v) is 4.36. The number of hydrogen-bond acceptors (Lipinski definition) is 3. The van der Waals surface area contributed by atoms with Gasteiger partial charge in [-0.1, -0.05) is 6.92 Å². The van der Waals surface area contributed by atoms with E-state index in [1.807, 2.05) is 0 Å². The van der Waals surface area contributed by atoms with Gasteiger partial charge in [0.2, 0.25) is 0 Å². The number of nitrogens with one attached hydrogen (secondary N) is 1. The molecule has 2 atom stereocenters. The summed E-state index contributed by atoms with van der Waals surface area (Å²) in [5.41, 5.74) is 3.30. The number of rotatable bonds is 2. The van der Waals surface area contributed by atoms with Crippen molar-refractivity contribution in [1.29, 1.82) is 0 Å². The van der Waals surface area contributed by atoms with Gasteiger partial charge in [0.05, 0.1) is 12.2 Å². The van der Waals surface area contributed by atoms with E-state index < -0.39 is 0 Å². The Morgan fingerprint density at radius 2 is 1.91 bits per heavy atom. The first kappa shape index (κ1) is 8.97. The highest BCUT2D eigenvalue weighted by Gasteiger charge is 2.20. The average molecular weight is 158 g/mol. The van der Waals surface area contributed by atoms with Crippen LogP contribution < -0.4 is 5.43 Å². The molecule has 0 aliphatic carbocycles. The van der Waals surface area contributed by atoms with Crippen LogP contribution in [-0.4, -0.2) is 36.9 Å². The van der Waals surface area contributed by atoms with E-state index >= 15 is 0 Å². The fraction of sp³-hybridized carbons (Fsp3) is 1.00. The molecule has 0 unspecified atom stereocenters. The monoisotopic (exact) mass is 158 g/mol. The summed E-state index contributed by atoms with van der Waals surface area (Å²) in [6.45, 7) is 9.33. The summed E-state index contributed by atoms with van der Waals surface area (Å²) >= 11 is 0. The lowest BCUT2D eigenvalue weighted by Gasteiger charge is -2.35. The van der Waals surface area contributed by atoms with Gasteiger partial charge in [-0.25, -0.2) is 5.01 Å². The van der Waals surface area contributed by atoms with Gasteiger partial charge in [-0.05, 0) is 13.8 Å². The highest BCUT2D eigenvalue weighted by molar-refractivity contribution is 4.69. The van der Waals surface area contributed by atoms with Crippen LogP contribution in [0.1, 0.15) is 20.8 Å². The third-order valence-electron chi connectivity index (χ3n) is 1.80. The van der Waals surface area contributed by atoms with Gasteiger partial charge in [0.25, 0.3) is 0 Å². The van der Waals surface area contributed by atoms with Crippen LogP contribution in [0.15, 0.2) is 0 Å². The fourth-order valence-electron chi connectivity index (χ4n) is 1.53. The largest absolute Gasteiger partial charge is 0.373 e. The predicted octanol–water partition coefficient (Wildman–Crippen LogP) is 0.620. The Hall–Kier alpha value is -0.120. The van der Waals surface area contributed by atoms with Gasteiger partial charge in [-0.15, -0.1) is 0 Å². The molecule has 0 aromatic carbocycles. The van der Waals surface area contributed by atoms with Gasteiger partial charge in [0, 0.05) is 19.6 Å². The summed E-state index contributed by atoms with van der Waals surface area (Å²) in [6, 6.07) is 0.